The zero-order chi connectivity index (χ0) is 20.8. The van der Waals surface area contributed by atoms with Crippen LogP contribution in [0.5, 0.6) is 11.5 Å². The third kappa shape index (κ3) is 6.01. The Labute approximate surface area is 195 Å². The van der Waals surface area contributed by atoms with Gasteiger partial charge in [0, 0.05) is 46.8 Å². The number of carbonyl (C=O) groups is 1. The Bertz CT molecular complexity index is 902. The zero-order valence-electron chi connectivity index (χ0n) is 17.8. The Morgan fingerprint density at radius 3 is 2.57 bits per heavy atom. The summed E-state index contributed by atoms with van der Waals surface area (Å²) in [6, 6.07) is 13.7. The van der Waals surface area contributed by atoms with Crippen molar-refractivity contribution in [3.8, 4) is 11.5 Å². The number of carbonyl (C=O) groups excluding carboxylic acids is 1. The highest BCUT2D eigenvalue weighted by Crippen LogP contribution is 2.32. The van der Waals surface area contributed by atoms with Crippen LogP contribution in [-0.4, -0.2) is 63.2 Å². The third-order valence-electron chi connectivity index (χ3n) is 4.71. The second kappa shape index (κ2) is 11.1. The molecule has 3 rings (SSSR count). The topological polar surface area (TPSA) is 66.4 Å². The number of benzene rings is 2. The number of fused-ring (bicyclic) bond motifs is 1. The molecule has 2 aromatic carbocycles. The van der Waals surface area contributed by atoms with Crippen molar-refractivity contribution in [2.24, 2.45) is 4.99 Å². The number of rotatable bonds is 6. The number of nitrogens with one attached hydrogen (secondary N) is 1. The lowest BCUT2D eigenvalue weighted by atomic mass is 10.1. The van der Waals surface area contributed by atoms with E-state index in [0.29, 0.717) is 12.1 Å². The fraction of sp³-hybridized carbons (Fsp3) is 0.364. The van der Waals surface area contributed by atoms with Gasteiger partial charge >= 0.3 is 0 Å². The molecule has 8 heteroatoms. The predicted octanol–water partition coefficient (Wildman–Crippen LogP) is 2.99. The maximum atomic E-state index is 12.1. The quantitative estimate of drug-likeness (QED) is 0.358. The number of halogens is 1. The van der Waals surface area contributed by atoms with Gasteiger partial charge < -0.3 is 24.6 Å². The zero-order valence-corrected chi connectivity index (χ0v) is 20.2. The molecule has 0 bridgehead atoms. The van der Waals surface area contributed by atoms with Crippen LogP contribution >= 0.6 is 24.0 Å². The van der Waals surface area contributed by atoms with Gasteiger partial charge in [-0.2, -0.15) is 0 Å². The largest absolute Gasteiger partial charge is 0.454 e. The second-order valence-electron chi connectivity index (χ2n) is 7.17. The van der Waals surface area contributed by atoms with Gasteiger partial charge in [0.05, 0.1) is 0 Å². The molecule has 1 amide bonds. The number of guanidine groups is 1. The normalized spacial score (nSPS) is 12.2. The highest BCUT2D eigenvalue weighted by atomic mass is 127. The van der Waals surface area contributed by atoms with Crippen LogP contribution in [0.3, 0.4) is 0 Å². The maximum Gasteiger partial charge on any atom is 0.253 e. The molecular weight excluding hydrogens is 495 g/mol. The molecule has 1 heterocycles. The average molecular weight is 524 g/mol. The first-order chi connectivity index (χ1) is 14.0. The number of hydrogen-bond donors (Lipinski definition) is 1. The molecule has 1 aliphatic heterocycles. The monoisotopic (exact) mass is 524 g/mol. The molecule has 0 aromatic heterocycles. The summed E-state index contributed by atoms with van der Waals surface area (Å²) in [7, 11) is 7.29. The lowest BCUT2D eigenvalue weighted by molar-refractivity contribution is 0.0827. The van der Waals surface area contributed by atoms with E-state index in [1.807, 2.05) is 49.5 Å². The first kappa shape index (κ1) is 23.8. The van der Waals surface area contributed by atoms with Gasteiger partial charge in [0.15, 0.2) is 17.5 Å². The molecule has 7 nitrogen and oxygen atoms in total. The molecule has 0 aliphatic carbocycles. The summed E-state index contributed by atoms with van der Waals surface area (Å²) >= 11 is 0. The third-order valence-corrected chi connectivity index (χ3v) is 4.71. The van der Waals surface area contributed by atoms with Gasteiger partial charge in [0.1, 0.15) is 0 Å². The second-order valence-corrected chi connectivity index (χ2v) is 7.17. The molecule has 0 atom stereocenters. The van der Waals surface area contributed by atoms with Crippen LogP contribution in [0.15, 0.2) is 47.5 Å². The minimum absolute atomic E-state index is 0. The van der Waals surface area contributed by atoms with Crippen LogP contribution in [0.4, 0.5) is 0 Å². The molecule has 1 N–H and O–H groups in total. The Balaban J connectivity index is 0.00000320. The van der Waals surface area contributed by atoms with E-state index in [4.69, 9.17) is 9.47 Å². The Morgan fingerprint density at radius 2 is 1.83 bits per heavy atom. The van der Waals surface area contributed by atoms with Crippen molar-refractivity contribution < 1.29 is 14.3 Å². The molecule has 0 fully saturated rings. The van der Waals surface area contributed by atoms with E-state index in [0.717, 1.165) is 41.6 Å². The summed E-state index contributed by atoms with van der Waals surface area (Å²) in [5.74, 6) is 2.39. The molecule has 0 saturated carbocycles. The van der Waals surface area contributed by atoms with Gasteiger partial charge in [0.2, 0.25) is 6.79 Å². The highest BCUT2D eigenvalue weighted by molar-refractivity contribution is 14.0. The fourth-order valence-electron chi connectivity index (χ4n) is 3.21. The molecule has 0 spiro atoms. The average Bonchev–Trinajstić information content (AvgIpc) is 3.18. The molecule has 0 unspecified atom stereocenters. The van der Waals surface area contributed by atoms with Crippen LogP contribution < -0.4 is 14.8 Å². The van der Waals surface area contributed by atoms with Gasteiger partial charge in [0.25, 0.3) is 5.91 Å². The van der Waals surface area contributed by atoms with Crippen LogP contribution in [0.2, 0.25) is 0 Å². The minimum atomic E-state index is 0. The molecule has 0 radical (unpaired) electrons. The Hall–Kier alpha value is -2.49. The van der Waals surface area contributed by atoms with Crippen molar-refractivity contribution in [3.63, 3.8) is 0 Å². The Kier molecular flexibility index (Phi) is 8.76. The van der Waals surface area contributed by atoms with Gasteiger partial charge in [-0.1, -0.05) is 18.2 Å². The summed E-state index contributed by atoms with van der Waals surface area (Å²) < 4.78 is 10.8. The number of ether oxygens (including phenoxy) is 2. The van der Waals surface area contributed by atoms with E-state index < -0.39 is 0 Å². The van der Waals surface area contributed by atoms with E-state index in [-0.39, 0.29) is 36.7 Å². The Morgan fingerprint density at radius 1 is 1.07 bits per heavy atom. The number of hydrogen-bond acceptors (Lipinski definition) is 4. The minimum Gasteiger partial charge on any atom is -0.454 e. The van der Waals surface area contributed by atoms with Gasteiger partial charge in [-0.05, 0) is 41.8 Å². The smallest absolute Gasteiger partial charge is 0.253 e. The molecule has 2 aromatic rings. The van der Waals surface area contributed by atoms with Crippen LogP contribution in [0.25, 0.3) is 0 Å². The SMILES string of the molecule is CN=C(NCCc1cccc(C(=O)N(C)C)c1)N(C)Cc1ccc2c(c1)OCO2.I. The standard InChI is InChI=1S/C22H28N4O3.HI/c1-23-22(26(4)14-17-8-9-19-20(13-17)29-15-28-19)24-11-10-16-6-5-7-18(12-16)21(27)25(2)3;/h5-9,12-13H,10-11,14-15H2,1-4H3,(H,23,24);1H. The van der Waals surface area contributed by atoms with Crippen molar-refractivity contribution in [1.82, 2.24) is 15.1 Å². The lowest BCUT2D eigenvalue weighted by Crippen LogP contribution is -2.39. The van der Waals surface area contributed by atoms with Crippen LogP contribution in [-0.2, 0) is 13.0 Å². The highest BCUT2D eigenvalue weighted by Gasteiger charge is 2.15. The van der Waals surface area contributed by atoms with Crippen molar-refractivity contribution in [3.05, 3.63) is 59.2 Å². The molecule has 162 valence electrons. The molecular formula is C22H29IN4O3. The van der Waals surface area contributed by atoms with E-state index in [1.54, 1.807) is 26.0 Å². The summed E-state index contributed by atoms with van der Waals surface area (Å²) in [5, 5.41) is 3.39. The van der Waals surface area contributed by atoms with E-state index >= 15 is 0 Å². The fourth-order valence-corrected chi connectivity index (χ4v) is 3.21. The number of nitrogens with zero attached hydrogens (tertiary/aromatic N) is 3. The van der Waals surface area contributed by atoms with Crippen molar-refractivity contribution in [2.75, 3.05) is 41.5 Å². The number of aliphatic imine (C=N–C) groups is 1. The van der Waals surface area contributed by atoms with Crippen LogP contribution in [0, 0.1) is 0 Å². The van der Waals surface area contributed by atoms with E-state index in [2.05, 4.69) is 15.2 Å². The number of amides is 1. The summed E-state index contributed by atoms with van der Waals surface area (Å²) in [6.07, 6.45) is 0.797. The first-order valence-electron chi connectivity index (χ1n) is 9.59. The summed E-state index contributed by atoms with van der Waals surface area (Å²) in [5.41, 5.74) is 2.94. The molecule has 30 heavy (non-hydrogen) atoms. The van der Waals surface area contributed by atoms with E-state index in [1.165, 1.54) is 0 Å². The van der Waals surface area contributed by atoms with Crippen LogP contribution in [0.1, 0.15) is 21.5 Å². The first-order valence-corrected chi connectivity index (χ1v) is 9.59. The predicted molar refractivity (Wildman–Crippen MR) is 129 cm³/mol. The van der Waals surface area contributed by atoms with E-state index in [9.17, 15) is 4.79 Å². The summed E-state index contributed by atoms with van der Waals surface area (Å²) in [4.78, 5) is 20.1. The molecule has 1 aliphatic rings. The van der Waals surface area contributed by atoms with Crippen molar-refractivity contribution in [2.45, 2.75) is 13.0 Å². The summed E-state index contributed by atoms with van der Waals surface area (Å²) in [6.45, 7) is 1.69. The van der Waals surface area contributed by atoms with Crippen molar-refractivity contribution in [1.29, 1.82) is 0 Å². The van der Waals surface area contributed by atoms with Crippen molar-refractivity contribution >= 4 is 35.8 Å². The maximum absolute atomic E-state index is 12.1. The molecule has 0 saturated heterocycles. The lowest BCUT2D eigenvalue weighted by Gasteiger charge is -2.22. The van der Waals surface area contributed by atoms with Gasteiger partial charge in [-0.25, -0.2) is 0 Å². The van der Waals surface area contributed by atoms with Gasteiger partial charge in [-0.3, -0.25) is 9.79 Å². The van der Waals surface area contributed by atoms with Gasteiger partial charge in [-0.15, -0.1) is 24.0 Å².